The minimum atomic E-state index is 0.898. The first-order valence-corrected chi connectivity index (χ1v) is 16.6. The van der Waals surface area contributed by atoms with Crippen LogP contribution in [0.2, 0.25) is 0 Å². The van der Waals surface area contributed by atoms with E-state index in [1.54, 1.807) is 0 Å². The highest BCUT2D eigenvalue weighted by Gasteiger charge is 2.29. The average Bonchev–Trinajstić information content (AvgIpc) is 3.48. The number of rotatable bonds is 4. The topological polar surface area (TPSA) is 34.0 Å². The van der Waals surface area contributed by atoms with E-state index in [4.69, 9.17) is 9.97 Å². The number of para-hydroxylation sites is 1. The van der Waals surface area contributed by atoms with Crippen molar-refractivity contribution in [1.29, 1.82) is 0 Å². The van der Waals surface area contributed by atoms with E-state index in [-0.39, 0.29) is 0 Å². The Kier molecular flexibility index (Phi) is 5.97. The smallest absolute Gasteiger partial charge is 0.138 e. The number of nitrogens with zero attached hydrogens (tertiary/aromatic N) is 4. The van der Waals surface area contributed by atoms with Crippen LogP contribution in [0.3, 0.4) is 0 Å². The minimum Gasteiger partial charge on any atom is -0.294 e. The number of pyridine rings is 2. The van der Waals surface area contributed by atoms with Crippen LogP contribution in [0.15, 0.2) is 158 Å². The van der Waals surface area contributed by atoms with Crippen LogP contribution < -0.4 is 4.90 Å². The number of allylic oxidation sites excluding steroid dienone is 4. The van der Waals surface area contributed by atoms with Gasteiger partial charge >= 0.3 is 0 Å². The molecule has 0 N–H and O–H groups in total. The largest absolute Gasteiger partial charge is 0.294 e. The van der Waals surface area contributed by atoms with Crippen LogP contribution in [0.25, 0.3) is 66.2 Å². The fourth-order valence-electron chi connectivity index (χ4n) is 7.63. The zero-order valence-corrected chi connectivity index (χ0v) is 26.2. The van der Waals surface area contributed by atoms with Gasteiger partial charge < -0.3 is 0 Å². The van der Waals surface area contributed by atoms with E-state index in [9.17, 15) is 0 Å². The van der Waals surface area contributed by atoms with E-state index in [2.05, 4.69) is 155 Å². The molecule has 0 radical (unpaired) electrons. The molecule has 0 unspecified atom stereocenters. The molecule has 0 fully saturated rings. The normalized spacial score (nSPS) is 13.7. The molecule has 226 valence electrons. The van der Waals surface area contributed by atoms with Gasteiger partial charge in [-0.25, -0.2) is 9.97 Å². The van der Waals surface area contributed by atoms with Gasteiger partial charge in [-0.15, -0.1) is 0 Å². The molecule has 0 amide bonds. The Hall–Kier alpha value is -6.26. The SMILES string of the molecule is C1=CC(c2cc(-c3ccccc3)cc(N3c4cc5c(cc4-c4cccc6cccc3c46)c3ccccc3n5-c3ccccn3)n2)=CCC1. The number of anilines is 3. The highest BCUT2D eigenvalue weighted by Crippen LogP contribution is 2.53. The van der Waals surface area contributed by atoms with E-state index in [0.29, 0.717) is 0 Å². The van der Waals surface area contributed by atoms with Crippen LogP contribution in [0.4, 0.5) is 17.2 Å². The third kappa shape index (κ3) is 4.09. The quantitative estimate of drug-likeness (QED) is 0.198. The Morgan fingerprint density at radius 3 is 2.27 bits per heavy atom. The lowest BCUT2D eigenvalue weighted by molar-refractivity contribution is 1.04. The van der Waals surface area contributed by atoms with Gasteiger partial charge in [-0.2, -0.15) is 0 Å². The predicted octanol–water partition coefficient (Wildman–Crippen LogP) is 11.6. The monoisotopic (exact) mass is 614 g/mol. The van der Waals surface area contributed by atoms with Crippen molar-refractivity contribution in [2.24, 2.45) is 0 Å². The van der Waals surface area contributed by atoms with Crippen LogP contribution in [-0.4, -0.2) is 14.5 Å². The molecule has 1 aliphatic heterocycles. The molecule has 0 atom stereocenters. The number of fused-ring (bicyclic) bond motifs is 5. The molecule has 1 aliphatic carbocycles. The molecule has 0 saturated carbocycles. The maximum absolute atomic E-state index is 5.46. The molecule has 3 aromatic heterocycles. The second-order valence-corrected chi connectivity index (χ2v) is 12.5. The number of aromatic nitrogens is 3. The number of hydrogen-bond acceptors (Lipinski definition) is 3. The van der Waals surface area contributed by atoms with Crippen molar-refractivity contribution < 1.29 is 0 Å². The van der Waals surface area contributed by atoms with Crippen LogP contribution in [0.1, 0.15) is 18.5 Å². The van der Waals surface area contributed by atoms with Gasteiger partial charge in [0.2, 0.25) is 0 Å². The predicted molar refractivity (Wildman–Crippen MR) is 199 cm³/mol. The van der Waals surface area contributed by atoms with Gasteiger partial charge in [0.25, 0.3) is 0 Å². The molecular formula is C44H30N4. The second kappa shape index (κ2) is 10.6. The lowest BCUT2D eigenvalue weighted by Gasteiger charge is -2.33. The molecule has 8 aromatic rings. The van der Waals surface area contributed by atoms with Crippen molar-refractivity contribution in [2.75, 3.05) is 4.90 Å². The molecular weight excluding hydrogens is 585 g/mol. The first-order chi connectivity index (χ1) is 23.8. The lowest BCUT2D eigenvalue weighted by atomic mass is 9.90. The van der Waals surface area contributed by atoms with E-state index in [1.165, 1.54) is 43.8 Å². The maximum atomic E-state index is 5.46. The fourth-order valence-corrected chi connectivity index (χ4v) is 7.63. The molecule has 10 rings (SSSR count). The highest BCUT2D eigenvalue weighted by atomic mass is 15.2. The molecule has 0 saturated heterocycles. The Morgan fingerprint density at radius 1 is 0.562 bits per heavy atom. The van der Waals surface area contributed by atoms with E-state index >= 15 is 0 Å². The first kappa shape index (κ1) is 26.9. The molecule has 4 heteroatoms. The summed E-state index contributed by atoms with van der Waals surface area (Å²) in [5, 5.41) is 4.87. The summed E-state index contributed by atoms with van der Waals surface area (Å²) in [6.45, 7) is 0. The summed E-state index contributed by atoms with van der Waals surface area (Å²) >= 11 is 0. The molecule has 4 heterocycles. The zero-order valence-electron chi connectivity index (χ0n) is 26.2. The molecule has 5 aromatic carbocycles. The van der Waals surface area contributed by atoms with Crippen LogP contribution in [0.5, 0.6) is 0 Å². The molecule has 2 aliphatic rings. The Labute approximate surface area is 278 Å². The minimum absolute atomic E-state index is 0.898. The summed E-state index contributed by atoms with van der Waals surface area (Å²) in [4.78, 5) is 12.6. The summed E-state index contributed by atoms with van der Waals surface area (Å²) in [5.41, 5.74) is 11.4. The van der Waals surface area contributed by atoms with Gasteiger partial charge in [0.15, 0.2) is 0 Å². The Bertz CT molecular complexity index is 2610. The zero-order chi connectivity index (χ0) is 31.6. The molecule has 0 bridgehead atoms. The van der Waals surface area contributed by atoms with E-state index in [0.717, 1.165) is 58.1 Å². The molecule has 0 spiro atoms. The summed E-state index contributed by atoms with van der Waals surface area (Å²) < 4.78 is 2.29. The maximum Gasteiger partial charge on any atom is 0.138 e. The van der Waals surface area contributed by atoms with Crippen LogP contribution >= 0.6 is 0 Å². The highest BCUT2D eigenvalue weighted by molar-refractivity contribution is 6.18. The summed E-state index contributed by atoms with van der Waals surface area (Å²) in [6, 6.07) is 47.9. The standard InChI is InChI=1S/C44H30N4/c1-3-13-29(14-4-1)32-25-37(30-15-5-2-6-16-30)46-43(26-32)48-39-22-12-18-31-17-11-20-34(44(31)39)36-27-35-33-19-7-8-21-38(33)47(40(35)28-41(36)48)42-23-9-10-24-45-42/h1,3-5,7-28H,2,6H2. The summed E-state index contributed by atoms with van der Waals surface area (Å²) in [7, 11) is 0. The van der Waals surface area contributed by atoms with Gasteiger partial charge in [0.05, 0.1) is 28.1 Å². The summed E-state index contributed by atoms with van der Waals surface area (Å²) in [6.07, 6.45) is 10.7. The van der Waals surface area contributed by atoms with Crippen molar-refractivity contribution in [3.63, 3.8) is 0 Å². The van der Waals surface area contributed by atoms with Gasteiger partial charge in [-0.1, -0.05) is 103 Å². The van der Waals surface area contributed by atoms with Crippen LogP contribution in [0, 0.1) is 0 Å². The van der Waals surface area contributed by atoms with Gasteiger partial charge in [0.1, 0.15) is 11.6 Å². The van der Waals surface area contributed by atoms with Crippen LogP contribution in [-0.2, 0) is 0 Å². The summed E-state index contributed by atoms with van der Waals surface area (Å²) in [5.74, 6) is 1.80. The van der Waals surface area contributed by atoms with Crippen molar-refractivity contribution in [2.45, 2.75) is 12.8 Å². The first-order valence-electron chi connectivity index (χ1n) is 16.6. The van der Waals surface area contributed by atoms with Crippen molar-refractivity contribution in [3.05, 3.63) is 164 Å². The number of benzene rings is 5. The second-order valence-electron chi connectivity index (χ2n) is 12.5. The van der Waals surface area contributed by atoms with Gasteiger partial charge in [0, 0.05) is 27.9 Å². The Morgan fingerprint density at radius 2 is 1.42 bits per heavy atom. The van der Waals surface area contributed by atoms with Crippen molar-refractivity contribution in [3.8, 4) is 28.1 Å². The third-order valence-electron chi connectivity index (χ3n) is 9.76. The van der Waals surface area contributed by atoms with Gasteiger partial charge in [-0.05, 0) is 89.0 Å². The lowest BCUT2D eigenvalue weighted by Crippen LogP contribution is -2.17. The fraction of sp³-hybridized carbons (Fsp3) is 0.0455. The third-order valence-corrected chi connectivity index (χ3v) is 9.76. The van der Waals surface area contributed by atoms with E-state index < -0.39 is 0 Å². The van der Waals surface area contributed by atoms with Gasteiger partial charge in [-0.3, -0.25) is 9.47 Å². The van der Waals surface area contributed by atoms with Crippen molar-refractivity contribution in [1.82, 2.24) is 14.5 Å². The van der Waals surface area contributed by atoms with Crippen molar-refractivity contribution >= 4 is 55.3 Å². The number of hydrogen-bond donors (Lipinski definition) is 0. The average molecular weight is 615 g/mol. The molecule has 4 nitrogen and oxygen atoms in total. The Balaban J connectivity index is 1.32. The van der Waals surface area contributed by atoms with E-state index in [1.807, 2.05) is 12.3 Å². The molecule has 48 heavy (non-hydrogen) atoms.